The highest BCUT2D eigenvalue weighted by Gasteiger charge is 2.05. The second kappa shape index (κ2) is 9.97. The molecule has 0 heterocycles. The molecule has 0 atom stereocenters. The number of nitrogens with one attached hydrogen (secondary N) is 2. The van der Waals surface area contributed by atoms with Gasteiger partial charge in [-0.3, -0.25) is 4.79 Å². The van der Waals surface area contributed by atoms with Crippen LogP contribution in [0.1, 0.15) is 12.5 Å². The SMILES string of the molecule is CCOc1ccc(CC(=O)NCCNC(=O)Oc2ccccc2)cc1. The lowest BCUT2D eigenvalue weighted by Crippen LogP contribution is -2.36. The van der Waals surface area contributed by atoms with Crippen LogP contribution in [0.4, 0.5) is 4.79 Å². The lowest BCUT2D eigenvalue weighted by molar-refractivity contribution is -0.120. The predicted octanol–water partition coefficient (Wildman–Crippen LogP) is 2.53. The lowest BCUT2D eigenvalue weighted by Gasteiger charge is -2.08. The maximum atomic E-state index is 11.9. The van der Waals surface area contributed by atoms with Crippen LogP contribution in [0, 0.1) is 0 Å². The van der Waals surface area contributed by atoms with Crippen LogP contribution in [0.2, 0.25) is 0 Å². The van der Waals surface area contributed by atoms with E-state index in [0.717, 1.165) is 11.3 Å². The monoisotopic (exact) mass is 342 g/mol. The standard InChI is InChI=1S/C19H22N2O4/c1-2-24-16-10-8-15(9-11-16)14-18(22)20-12-13-21-19(23)25-17-6-4-3-5-7-17/h3-11H,2,12-14H2,1H3,(H,20,22)(H,21,23). The fourth-order valence-corrected chi connectivity index (χ4v) is 2.12. The molecule has 2 rings (SSSR count). The number of hydrogen-bond acceptors (Lipinski definition) is 4. The molecule has 0 aliphatic heterocycles. The van der Waals surface area contributed by atoms with Crippen LogP contribution in [-0.2, 0) is 11.2 Å². The maximum absolute atomic E-state index is 11.9. The second-order valence-corrected chi connectivity index (χ2v) is 5.23. The van der Waals surface area contributed by atoms with Crippen molar-refractivity contribution < 1.29 is 19.1 Å². The summed E-state index contributed by atoms with van der Waals surface area (Å²) in [7, 11) is 0. The van der Waals surface area contributed by atoms with Crippen LogP contribution in [0.25, 0.3) is 0 Å². The third-order valence-electron chi connectivity index (χ3n) is 3.27. The fraction of sp³-hybridized carbons (Fsp3) is 0.263. The molecule has 132 valence electrons. The summed E-state index contributed by atoms with van der Waals surface area (Å²) in [4.78, 5) is 23.4. The van der Waals surface area contributed by atoms with Crippen LogP contribution in [0.5, 0.6) is 11.5 Å². The summed E-state index contributed by atoms with van der Waals surface area (Å²) < 4.78 is 10.4. The Balaban J connectivity index is 1.62. The molecule has 0 aliphatic carbocycles. The Morgan fingerprint density at radius 3 is 2.24 bits per heavy atom. The minimum atomic E-state index is -0.549. The van der Waals surface area contributed by atoms with E-state index in [-0.39, 0.29) is 12.3 Å². The molecule has 2 amide bonds. The highest BCUT2D eigenvalue weighted by atomic mass is 16.6. The van der Waals surface area contributed by atoms with Crippen molar-refractivity contribution in [3.05, 3.63) is 60.2 Å². The molecular weight excluding hydrogens is 320 g/mol. The van der Waals surface area contributed by atoms with E-state index in [1.54, 1.807) is 24.3 Å². The first-order valence-electron chi connectivity index (χ1n) is 8.16. The molecule has 0 radical (unpaired) electrons. The first kappa shape index (κ1) is 18.3. The zero-order valence-electron chi connectivity index (χ0n) is 14.2. The maximum Gasteiger partial charge on any atom is 0.412 e. The molecule has 0 saturated carbocycles. The minimum Gasteiger partial charge on any atom is -0.494 e. The number of para-hydroxylation sites is 1. The van der Waals surface area contributed by atoms with Gasteiger partial charge in [-0.05, 0) is 36.8 Å². The van der Waals surface area contributed by atoms with E-state index >= 15 is 0 Å². The quantitative estimate of drug-likeness (QED) is 0.723. The Morgan fingerprint density at radius 2 is 1.56 bits per heavy atom. The van der Waals surface area contributed by atoms with Crippen molar-refractivity contribution in [1.29, 1.82) is 0 Å². The smallest absolute Gasteiger partial charge is 0.412 e. The minimum absolute atomic E-state index is 0.109. The molecular formula is C19H22N2O4. The Morgan fingerprint density at radius 1 is 0.880 bits per heavy atom. The van der Waals surface area contributed by atoms with Gasteiger partial charge >= 0.3 is 6.09 Å². The van der Waals surface area contributed by atoms with Crippen LogP contribution in [0.3, 0.4) is 0 Å². The van der Waals surface area contributed by atoms with E-state index in [2.05, 4.69) is 10.6 Å². The first-order chi connectivity index (χ1) is 12.2. The van der Waals surface area contributed by atoms with Gasteiger partial charge in [0.25, 0.3) is 0 Å². The van der Waals surface area contributed by atoms with Gasteiger partial charge in [0, 0.05) is 13.1 Å². The number of ether oxygens (including phenoxy) is 2. The van der Waals surface area contributed by atoms with Crippen LogP contribution in [0.15, 0.2) is 54.6 Å². The zero-order valence-corrected chi connectivity index (χ0v) is 14.2. The van der Waals surface area contributed by atoms with E-state index in [4.69, 9.17) is 9.47 Å². The van der Waals surface area contributed by atoms with Crippen molar-refractivity contribution in [1.82, 2.24) is 10.6 Å². The zero-order chi connectivity index (χ0) is 17.9. The van der Waals surface area contributed by atoms with Crippen LogP contribution in [-0.4, -0.2) is 31.7 Å². The van der Waals surface area contributed by atoms with Gasteiger partial charge in [-0.15, -0.1) is 0 Å². The highest BCUT2D eigenvalue weighted by Crippen LogP contribution is 2.12. The molecule has 2 aromatic rings. The molecule has 0 saturated heterocycles. The van der Waals surface area contributed by atoms with Gasteiger partial charge in [0.2, 0.25) is 5.91 Å². The summed E-state index contributed by atoms with van der Waals surface area (Å²) in [5, 5.41) is 5.33. The average molecular weight is 342 g/mol. The number of benzene rings is 2. The Labute approximate surface area is 147 Å². The normalized spacial score (nSPS) is 9.96. The number of carbonyl (C=O) groups excluding carboxylic acids is 2. The summed E-state index contributed by atoms with van der Waals surface area (Å²) in [6.07, 6.45) is -0.270. The van der Waals surface area contributed by atoms with E-state index in [1.807, 2.05) is 37.3 Å². The van der Waals surface area contributed by atoms with Crippen molar-refractivity contribution in [2.45, 2.75) is 13.3 Å². The molecule has 2 N–H and O–H groups in total. The summed E-state index contributed by atoms with van der Waals surface area (Å²) in [5.74, 6) is 1.15. The summed E-state index contributed by atoms with van der Waals surface area (Å²) in [6.45, 7) is 3.16. The third kappa shape index (κ3) is 6.95. The van der Waals surface area contributed by atoms with Crippen LogP contribution >= 0.6 is 0 Å². The number of hydrogen-bond donors (Lipinski definition) is 2. The third-order valence-corrected chi connectivity index (χ3v) is 3.27. The van der Waals surface area contributed by atoms with Gasteiger partial charge in [-0.1, -0.05) is 30.3 Å². The largest absolute Gasteiger partial charge is 0.494 e. The van der Waals surface area contributed by atoms with E-state index in [1.165, 1.54) is 0 Å². The Kier molecular flexibility index (Phi) is 7.31. The first-order valence-corrected chi connectivity index (χ1v) is 8.16. The van der Waals surface area contributed by atoms with Gasteiger partial charge in [-0.2, -0.15) is 0 Å². The molecule has 0 aromatic heterocycles. The molecule has 6 nitrogen and oxygen atoms in total. The van der Waals surface area contributed by atoms with Gasteiger partial charge in [0.05, 0.1) is 13.0 Å². The van der Waals surface area contributed by atoms with Gasteiger partial charge in [0.15, 0.2) is 0 Å². The van der Waals surface area contributed by atoms with E-state index in [9.17, 15) is 9.59 Å². The Hall–Kier alpha value is -3.02. The predicted molar refractivity (Wildman–Crippen MR) is 94.8 cm³/mol. The van der Waals surface area contributed by atoms with Gasteiger partial charge in [0.1, 0.15) is 11.5 Å². The highest BCUT2D eigenvalue weighted by molar-refractivity contribution is 5.78. The second-order valence-electron chi connectivity index (χ2n) is 5.23. The molecule has 0 fully saturated rings. The van der Waals surface area contributed by atoms with Crippen molar-refractivity contribution in [2.24, 2.45) is 0 Å². The number of rotatable bonds is 8. The van der Waals surface area contributed by atoms with Gasteiger partial charge < -0.3 is 20.1 Å². The van der Waals surface area contributed by atoms with Crippen LogP contribution < -0.4 is 20.1 Å². The molecule has 6 heteroatoms. The summed E-state index contributed by atoms with van der Waals surface area (Å²) in [6, 6.07) is 16.2. The fourth-order valence-electron chi connectivity index (χ4n) is 2.12. The van der Waals surface area contributed by atoms with Crippen molar-refractivity contribution >= 4 is 12.0 Å². The molecule has 0 spiro atoms. The Bertz CT molecular complexity index is 672. The molecule has 0 unspecified atom stereocenters. The number of amides is 2. The van der Waals surface area contributed by atoms with Crippen molar-refractivity contribution in [2.75, 3.05) is 19.7 Å². The topological polar surface area (TPSA) is 76.7 Å². The number of carbonyl (C=O) groups is 2. The van der Waals surface area contributed by atoms with Crippen molar-refractivity contribution in [3.8, 4) is 11.5 Å². The summed E-state index contributed by atoms with van der Waals surface area (Å²) in [5.41, 5.74) is 0.900. The van der Waals surface area contributed by atoms with E-state index in [0.29, 0.717) is 25.4 Å². The molecule has 25 heavy (non-hydrogen) atoms. The van der Waals surface area contributed by atoms with Crippen molar-refractivity contribution in [3.63, 3.8) is 0 Å². The molecule has 2 aromatic carbocycles. The molecule has 0 bridgehead atoms. The molecule has 0 aliphatic rings. The van der Waals surface area contributed by atoms with E-state index < -0.39 is 6.09 Å². The average Bonchev–Trinajstić information content (AvgIpc) is 2.61. The summed E-state index contributed by atoms with van der Waals surface area (Å²) >= 11 is 0. The lowest BCUT2D eigenvalue weighted by atomic mass is 10.1. The van der Waals surface area contributed by atoms with Gasteiger partial charge in [-0.25, -0.2) is 4.79 Å².